The zero-order chi connectivity index (χ0) is 17.9. The third-order valence-electron chi connectivity index (χ3n) is 4.56. The Morgan fingerprint density at radius 3 is 2.65 bits per heavy atom. The maximum atomic E-state index is 9.73. The van der Waals surface area contributed by atoms with Crippen molar-refractivity contribution in [1.29, 1.82) is 0 Å². The number of nitrogens with zero attached hydrogens (tertiary/aromatic N) is 4. The van der Waals surface area contributed by atoms with Crippen LogP contribution in [-0.2, 0) is 0 Å². The van der Waals surface area contributed by atoms with Gasteiger partial charge < -0.3 is 19.3 Å². The highest BCUT2D eigenvalue weighted by Gasteiger charge is 2.23. The van der Waals surface area contributed by atoms with E-state index in [2.05, 4.69) is 20.0 Å². The Labute approximate surface area is 151 Å². The molecule has 0 saturated carbocycles. The molecule has 3 aromatic rings. The standard InChI is InChI=1S/C19H20N4O3/c1-25-15-6-4-13(5-7-15)17-21-19(26-22-17)16-3-2-10-20-18(16)23-11-8-14(24)9-12-23/h2-7,10,14,24H,8-9,11-12H2,1H3. The normalized spacial score (nSPS) is 15.2. The Morgan fingerprint density at radius 1 is 1.15 bits per heavy atom. The third-order valence-corrected chi connectivity index (χ3v) is 4.56. The van der Waals surface area contributed by atoms with Gasteiger partial charge in [-0.15, -0.1) is 0 Å². The van der Waals surface area contributed by atoms with E-state index in [0.29, 0.717) is 11.7 Å². The fourth-order valence-corrected chi connectivity index (χ4v) is 3.08. The number of hydrogen-bond donors (Lipinski definition) is 1. The molecule has 1 fully saturated rings. The van der Waals surface area contributed by atoms with Crippen molar-refractivity contribution < 1.29 is 14.4 Å². The van der Waals surface area contributed by atoms with E-state index in [1.165, 1.54) is 0 Å². The number of aliphatic hydroxyl groups excluding tert-OH is 1. The molecule has 2 aromatic heterocycles. The zero-order valence-corrected chi connectivity index (χ0v) is 14.5. The summed E-state index contributed by atoms with van der Waals surface area (Å²) >= 11 is 0. The largest absolute Gasteiger partial charge is 0.497 e. The van der Waals surface area contributed by atoms with Gasteiger partial charge in [-0.05, 0) is 49.2 Å². The molecule has 0 aliphatic carbocycles. The van der Waals surface area contributed by atoms with Crippen LogP contribution in [0.1, 0.15) is 12.8 Å². The molecule has 1 N–H and O–H groups in total. The molecule has 134 valence electrons. The second-order valence-electron chi connectivity index (χ2n) is 6.24. The molecule has 26 heavy (non-hydrogen) atoms. The van der Waals surface area contributed by atoms with E-state index in [-0.39, 0.29) is 6.10 Å². The molecule has 4 rings (SSSR count). The molecule has 7 heteroatoms. The Bertz CT molecular complexity index is 871. The highest BCUT2D eigenvalue weighted by atomic mass is 16.5. The van der Waals surface area contributed by atoms with Crippen LogP contribution in [0.15, 0.2) is 47.1 Å². The van der Waals surface area contributed by atoms with Crippen LogP contribution in [0.4, 0.5) is 5.82 Å². The van der Waals surface area contributed by atoms with E-state index >= 15 is 0 Å². The third kappa shape index (κ3) is 3.25. The van der Waals surface area contributed by atoms with Gasteiger partial charge in [0.15, 0.2) is 0 Å². The van der Waals surface area contributed by atoms with Gasteiger partial charge in [0, 0.05) is 24.8 Å². The van der Waals surface area contributed by atoms with Crippen molar-refractivity contribution in [2.45, 2.75) is 18.9 Å². The number of ether oxygens (including phenoxy) is 1. The molecule has 0 atom stereocenters. The van der Waals surface area contributed by atoms with E-state index in [9.17, 15) is 5.11 Å². The van der Waals surface area contributed by atoms with Crippen LogP contribution in [0.25, 0.3) is 22.8 Å². The average molecular weight is 352 g/mol. The predicted molar refractivity (Wildman–Crippen MR) is 97.0 cm³/mol. The highest BCUT2D eigenvalue weighted by Crippen LogP contribution is 2.31. The number of benzene rings is 1. The van der Waals surface area contributed by atoms with Crippen molar-refractivity contribution in [2.75, 3.05) is 25.1 Å². The molecule has 0 bridgehead atoms. The van der Waals surface area contributed by atoms with Crippen LogP contribution in [0, 0.1) is 0 Å². The van der Waals surface area contributed by atoms with E-state index in [0.717, 1.165) is 48.6 Å². The maximum Gasteiger partial charge on any atom is 0.261 e. The Morgan fingerprint density at radius 2 is 1.92 bits per heavy atom. The Balaban J connectivity index is 1.63. The molecule has 1 aliphatic rings. The van der Waals surface area contributed by atoms with Crippen molar-refractivity contribution in [1.82, 2.24) is 15.1 Å². The summed E-state index contributed by atoms with van der Waals surface area (Å²) in [6.45, 7) is 1.51. The minimum atomic E-state index is -0.233. The number of piperidine rings is 1. The SMILES string of the molecule is COc1ccc(-c2noc(-c3cccnc3N3CCC(O)CC3)n2)cc1. The smallest absolute Gasteiger partial charge is 0.261 e. The monoisotopic (exact) mass is 352 g/mol. The second-order valence-corrected chi connectivity index (χ2v) is 6.24. The number of anilines is 1. The van der Waals surface area contributed by atoms with Crippen molar-refractivity contribution in [3.05, 3.63) is 42.6 Å². The number of pyridine rings is 1. The lowest BCUT2D eigenvalue weighted by molar-refractivity contribution is 0.145. The van der Waals surface area contributed by atoms with Gasteiger partial charge in [0.1, 0.15) is 11.6 Å². The van der Waals surface area contributed by atoms with Gasteiger partial charge in [-0.2, -0.15) is 4.98 Å². The molecule has 1 saturated heterocycles. The molecule has 1 aromatic carbocycles. The van der Waals surface area contributed by atoms with Gasteiger partial charge in [-0.25, -0.2) is 4.98 Å². The molecule has 7 nitrogen and oxygen atoms in total. The number of aromatic nitrogens is 3. The summed E-state index contributed by atoms with van der Waals surface area (Å²) in [4.78, 5) is 11.2. The van der Waals surface area contributed by atoms with Gasteiger partial charge in [0.25, 0.3) is 5.89 Å². The summed E-state index contributed by atoms with van der Waals surface area (Å²) in [6.07, 6.45) is 2.99. The Kier molecular flexibility index (Phi) is 4.53. The Hall–Kier alpha value is -2.93. The first-order chi connectivity index (χ1) is 12.7. The topological polar surface area (TPSA) is 84.5 Å². The number of methoxy groups -OCH3 is 1. The van der Waals surface area contributed by atoms with Gasteiger partial charge in [-0.1, -0.05) is 5.16 Å². The molecule has 3 heterocycles. The van der Waals surface area contributed by atoms with Crippen molar-refractivity contribution in [3.8, 4) is 28.6 Å². The van der Waals surface area contributed by atoms with Crippen LogP contribution in [0.3, 0.4) is 0 Å². The summed E-state index contributed by atoms with van der Waals surface area (Å²) in [5.74, 6) is 2.54. The second kappa shape index (κ2) is 7.13. The molecular weight excluding hydrogens is 332 g/mol. The minimum Gasteiger partial charge on any atom is -0.497 e. The van der Waals surface area contributed by atoms with E-state index < -0.39 is 0 Å². The first kappa shape index (κ1) is 16.5. The van der Waals surface area contributed by atoms with Gasteiger partial charge >= 0.3 is 0 Å². The molecule has 0 radical (unpaired) electrons. The lowest BCUT2D eigenvalue weighted by atomic mass is 10.1. The van der Waals surface area contributed by atoms with Crippen LogP contribution >= 0.6 is 0 Å². The number of hydrogen-bond acceptors (Lipinski definition) is 7. The summed E-state index contributed by atoms with van der Waals surface area (Å²) < 4.78 is 10.7. The molecule has 0 amide bonds. The summed E-state index contributed by atoms with van der Waals surface area (Å²) in [5.41, 5.74) is 1.66. The van der Waals surface area contributed by atoms with Crippen molar-refractivity contribution in [2.24, 2.45) is 0 Å². The molecule has 0 spiro atoms. The molecular formula is C19H20N4O3. The highest BCUT2D eigenvalue weighted by molar-refractivity contribution is 5.71. The van der Waals surface area contributed by atoms with E-state index in [1.807, 2.05) is 36.4 Å². The quantitative estimate of drug-likeness (QED) is 0.773. The first-order valence-electron chi connectivity index (χ1n) is 8.61. The summed E-state index contributed by atoms with van der Waals surface area (Å²) in [6, 6.07) is 11.3. The lowest BCUT2D eigenvalue weighted by Gasteiger charge is -2.31. The van der Waals surface area contributed by atoms with Crippen LogP contribution < -0.4 is 9.64 Å². The van der Waals surface area contributed by atoms with E-state index in [4.69, 9.17) is 9.26 Å². The van der Waals surface area contributed by atoms with Crippen LogP contribution in [-0.4, -0.2) is 46.5 Å². The fraction of sp³-hybridized carbons (Fsp3) is 0.316. The zero-order valence-electron chi connectivity index (χ0n) is 14.5. The van der Waals surface area contributed by atoms with Crippen LogP contribution in [0.2, 0.25) is 0 Å². The lowest BCUT2D eigenvalue weighted by Crippen LogP contribution is -2.36. The van der Waals surface area contributed by atoms with Crippen molar-refractivity contribution >= 4 is 5.82 Å². The average Bonchev–Trinajstić information content (AvgIpc) is 3.19. The summed E-state index contributed by atoms with van der Waals surface area (Å²) in [5, 5.41) is 13.8. The summed E-state index contributed by atoms with van der Waals surface area (Å²) in [7, 11) is 1.63. The minimum absolute atomic E-state index is 0.233. The van der Waals surface area contributed by atoms with Gasteiger partial charge in [0.2, 0.25) is 5.82 Å². The van der Waals surface area contributed by atoms with E-state index in [1.54, 1.807) is 13.3 Å². The van der Waals surface area contributed by atoms with Crippen LogP contribution in [0.5, 0.6) is 5.75 Å². The maximum absolute atomic E-state index is 9.73. The first-order valence-corrected chi connectivity index (χ1v) is 8.61. The van der Waals surface area contributed by atoms with Gasteiger partial charge in [0.05, 0.1) is 18.8 Å². The fourth-order valence-electron chi connectivity index (χ4n) is 3.08. The van der Waals surface area contributed by atoms with Gasteiger partial charge in [-0.3, -0.25) is 0 Å². The van der Waals surface area contributed by atoms with Crippen molar-refractivity contribution in [3.63, 3.8) is 0 Å². The number of aliphatic hydroxyl groups is 1. The number of rotatable bonds is 4. The molecule has 1 aliphatic heterocycles. The predicted octanol–water partition coefficient (Wildman–Crippen LogP) is 2.77. The molecule has 0 unspecified atom stereocenters.